The molecule has 1 aromatic carbocycles. The number of amides is 1. The van der Waals surface area contributed by atoms with Crippen LogP contribution in [-0.4, -0.2) is 49.3 Å². The molecule has 29 heavy (non-hydrogen) atoms. The number of carbonyl (C=O) groups is 1. The molecule has 0 radical (unpaired) electrons. The van der Waals surface area contributed by atoms with E-state index in [1.807, 2.05) is 45.2 Å². The molecular formula is C22H25N3O3S. The molecule has 0 aliphatic carbocycles. The number of benzene rings is 1. The van der Waals surface area contributed by atoms with Crippen LogP contribution in [-0.2, 0) is 11.3 Å². The SMILES string of the molecule is Cc1noc(C)c1CN(C)C(=O)c1cc(-c2ccccc2)c(N2CCOCC2)s1. The number of rotatable bonds is 5. The highest BCUT2D eigenvalue weighted by Crippen LogP contribution is 2.40. The molecule has 1 aliphatic rings. The van der Waals surface area contributed by atoms with Gasteiger partial charge in [-0.25, -0.2) is 0 Å². The number of hydrogen-bond acceptors (Lipinski definition) is 6. The molecule has 2 aromatic heterocycles. The van der Waals surface area contributed by atoms with E-state index in [-0.39, 0.29) is 5.91 Å². The first-order valence-corrected chi connectivity index (χ1v) is 10.6. The molecular weight excluding hydrogens is 386 g/mol. The van der Waals surface area contributed by atoms with Gasteiger partial charge in [0.1, 0.15) is 5.76 Å². The number of aromatic nitrogens is 1. The fraction of sp³-hybridized carbons (Fsp3) is 0.364. The monoisotopic (exact) mass is 411 g/mol. The third-order valence-corrected chi connectivity index (χ3v) is 6.41. The first kappa shape index (κ1) is 19.7. The average Bonchev–Trinajstić information content (AvgIpc) is 3.34. The van der Waals surface area contributed by atoms with Crippen LogP contribution in [0, 0.1) is 13.8 Å². The standard InChI is InChI=1S/C22H25N3O3S/c1-15-19(16(2)28-23-15)14-24(3)21(26)20-13-18(17-7-5-4-6-8-17)22(29-20)25-9-11-27-12-10-25/h4-8,13H,9-12,14H2,1-3H3. The van der Waals surface area contributed by atoms with Gasteiger partial charge in [-0.15, -0.1) is 11.3 Å². The Kier molecular flexibility index (Phi) is 5.69. The van der Waals surface area contributed by atoms with E-state index in [1.54, 1.807) is 16.2 Å². The predicted molar refractivity (Wildman–Crippen MR) is 115 cm³/mol. The van der Waals surface area contributed by atoms with Crippen LogP contribution in [0.3, 0.4) is 0 Å². The van der Waals surface area contributed by atoms with Gasteiger partial charge in [0.2, 0.25) is 0 Å². The van der Waals surface area contributed by atoms with Gasteiger partial charge >= 0.3 is 0 Å². The molecule has 1 fully saturated rings. The van der Waals surface area contributed by atoms with Crippen molar-refractivity contribution in [1.82, 2.24) is 10.1 Å². The van der Waals surface area contributed by atoms with Crippen LogP contribution in [0.15, 0.2) is 40.9 Å². The lowest BCUT2D eigenvalue weighted by atomic mass is 10.1. The molecule has 1 saturated heterocycles. The minimum Gasteiger partial charge on any atom is -0.378 e. The maximum atomic E-state index is 13.2. The molecule has 0 spiro atoms. The van der Waals surface area contributed by atoms with Gasteiger partial charge in [0, 0.05) is 31.3 Å². The van der Waals surface area contributed by atoms with Crippen molar-refractivity contribution in [3.63, 3.8) is 0 Å². The van der Waals surface area contributed by atoms with E-state index < -0.39 is 0 Å². The Morgan fingerprint density at radius 3 is 2.59 bits per heavy atom. The largest absolute Gasteiger partial charge is 0.378 e. The van der Waals surface area contributed by atoms with E-state index in [0.717, 1.165) is 51.1 Å². The van der Waals surface area contributed by atoms with Crippen molar-refractivity contribution >= 4 is 22.2 Å². The number of ether oxygens (including phenoxy) is 1. The molecule has 1 amide bonds. The lowest BCUT2D eigenvalue weighted by Gasteiger charge is -2.28. The molecule has 0 atom stereocenters. The molecule has 0 N–H and O–H groups in total. The minimum atomic E-state index is 0.00619. The molecule has 1 aliphatic heterocycles. The minimum absolute atomic E-state index is 0.00619. The third kappa shape index (κ3) is 4.06. The molecule has 3 heterocycles. The Bertz CT molecular complexity index is 971. The topological polar surface area (TPSA) is 58.8 Å². The Balaban J connectivity index is 1.64. The highest BCUT2D eigenvalue weighted by Gasteiger charge is 2.24. The van der Waals surface area contributed by atoms with Crippen LogP contribution in [0.2, 0.25) is 0 Å². The zero-order chi connectivity index (χ0) is 20.4. The molecule has 7 heteroatoms. The van der Waals surface area contributed by atoms with Crippen LogP contribution < -0.4 is 4.90 Å². The van der Waals surface area contributed by atoms with Crippen LogP contribution >= 0.6 is 11.3 Å². The summed E-state index contributed by atoms with van der Waals surface area (Å²) in [6.45, 7) is 7.35. The number of nitrogens with zero attached hydrogens (tertiary/aromatic N) is 3. The lowest BCUT2D eigenvalue weighted by Crippen LogP contribution is -2.35. The van der Waals surface area contributed by atoms with Crippen LogP contribution in [0.5, 0.6) is 0 Å². The van der Waals surface area contributed by atoms with Crippen LogP contribution in [0.4, 0.5) is 5.00 Å². The van der Waals surface area contributed by atoms with E-state index >= 15 is 0 Å². The van der Waals surface area contributed by atoms with E-state index in [4.69, 9.17) is 9.26 Å². The number of aryl methyl sites for hydroxylation is 2. The van der Waals surface area contributed by atoms with Gasteiger partial charge in [-0.1, -0.05) is 35.5 Å². The maximum Gasteiger partial charge on any atom is 0.264 e. The number of hydrogen-bond donors (Lipinski definition) is 0. The summed E-state index contributed by atoms with van der Waals surface area (Å²) in [6, 6.07) is 12.3. The van der Waals surface area contributed by atoms with Crippen molar-refractivity contribution in [1.29, 1.82) is 0 Å². The summed E-state index contributed by atoms with van der Waals surface area (Å²) >= 11 is 1.56. The van der Waals surface area contributed by atoms with E-state index in [2.05, 4.69) is 22.2 Å². The normalized spacial score (nSPS) is 14.2. The van der Waals surface area contributed by atoms with E-state index in [0.29, 0.717) is 19.8 Å². The van der Waals surface area contributed by atoms with Crippen LogP contribution in [0.1, 0.15) is 26.7 Å². The molecule has 3 aromatic rings. The van der Waals surface area contributed by atoms with Gasteiger partial charge in [-0.3, -0.25) is 4.79 Å². The van der Waals surface area contributed by atoms with Gasteiger partial charge in [-0.2, -0.15) is 0 Å². The first-order chi connectivity index (χ1) is 14.0. The van der Waals surface area contributed by atoms with Gasteiger partial charge in [-0.05, 0) is 25.5 Å². The lowest BCUT2D eigenvalue weighted by molar-refractivity contribution is 0.0789. The Labute approximate surface area is 174 Å². The average molecular weight is 412 g/mol. The molecule has 4 rings (SSSR count). The zero-order valence-electron chi connectivity index (χ0n) is 17.0. The fourth-order valence-electron chi connectivity index (χ4n) is 3.54. The zero-order valence-corrected chi connectivity index (χ0v) is 17.8. The van der Waals surface area contributed by atoms with Gasteiger partial charge in [0.25, 0.3) is 5.91 Å². The molecule has 152 valence electrons. The third-order valence-electron chi connectivity index (χ3n) is 5.23. The molecule has 6 nitrogen and oxygen atoms in total. The second-order valence-electron chi connectivity index (χ2n) is 7.26. The highest BCUT2D eigenvalue weighted by molar-refractivity contribution is 7.18. The summed E-state index contributed by atoms with van der Waals surface area (Å²) in [5, 5.41) is 5.12. The number of morpholine rings is 1. The second kappa shape index (κ2) is 8.39. The summed E-state index contributed by atoms with van der Waals surface area (Å²) in [5.41, 5.74) is 4.02. The second-order valence-corrected chi connectivity index (χ2v) is 8.29. The summed E-state index contributed by atoms with van der Waals surface area (Å²) in [7, 11) is 1.82. The van der Waals surface area contributed by atoms with Gasteiger partial charge in [0.15, 0.2) is 0 Å². The van der Waals surface area contributed by atoms with Crippen LogP contribution in [0.25, 0.3) is 11.1 Å². The van der Waals surface area contributed by atoms with Crippen molar-refractivity contribution < 1.29 is 14.1 Å². The molecule has 0 unspecified atom stereocenters. The summed E-state index contributed by atoms with van der Waals surface area (Å²) in [6.07, 6.45) is 0. The summed E-state index contributed by atoms with van der Waals surface area (Å²) in [5.74, 6) is 0.763. The Hall–Kier alpha value is -2.64. The summed E-state index contributed by atoms with van der Waals surface area (Å²) < 4.78 is 10.8. The summed E-state index contributed by atoms with van der Waals surface area (Å²) in [4.78, 5) is 18.0. The quantitative estimate of drug-likeness (QED) is 0.632. The Morgan fingerprint density at radius 1 is 1.21 bits per heavy atom. The van der Waals surface area contributed by atoms with E-state index in [9.17, 15) is 4.79 Å². The molecule has 0 saturated carbocycles. The van der Waals surface area contributed by atoms with Crippen molar-refractivity contribution in [3.8, 4) is 11.1 Å². The maximum absolute atomic E-state index is 13.2. The molecule has 0 bridgehead atoms. The van der Waals surface area contributed by atoms with Crippen molar-refractivity contribution in [2.75, 3.05) is 38.3 Å². The van der Waals surface area contributed by atoms with Crippen molar-refractivity contribution in [2.45, 2.75) is 20.4 Å². The smallest absolute Gasteiger partial charge is 0.264 e. The van der Waals surface area contributed by atoms with Gasteiger partial charge in [0.05, 0.1) is 35.3 Å². The fourth-order valence-corrected chi connectivity index (χ4v) is 4.76. The first-order valence-electron chi connectivity index (χ1n) is 9.73. The number of carbonyl (C=O) groups excluding carboxylic acids is 1. The number of thiophene rings is 1. The Morgan fingerprint density at radius 2 is 1.93 bits per heavy atom. The predicted octanol–water partition coefficient (Wildman–Crippen LogP) is 4.13. The van der Waals surface area contributed by atoms with Crippen molar-refractivity contribution in [2.24, 2.45) is 0 Å². The number of anilines is 1. The van der Waals surface area contributed by atoms with Gasteiger partial charge < -0.3 is 19.1 Å². The highest BCUT2D eigenvalue weighted by atomic mass is 32.1. The van der Waals surface area contributed by atoms with E-state index in [1.165, 1.54) is 0 Å². The van der Waals surface area contributed by atoms with Crippen molar-refractivity contribution in [3.05, 3.63) is 58.3 Å².